The van der Waals surface area contributed by atoms with E-state index in [1.807, 2.05) is 24.3 Å². The Morgan fingerprint density at radius 1 is 1.36 bits per heavy atom. The average Bonchev–Trinajstić information content (AvgIpc) is 2.15. The van der Waals surface area contributed by atoms with Crippen LogP contribution in [0, 0.1) is 5.92 Å². The zero-order valence-electron chi connectivity index (χ0n) is 8.36. The Labute approximate surface area is 84.3 Å². The van der Waals surface area contributed by atoms with E-state index in [2.05, 4.69) is 5.32 Å². The van der Waals surface area contributed by atoms with Crippen LogP contribution in [-0.4, -0.2) is 20.2 Å². The third-order valence-electron chi connectivity index (χ3n) is 2.82. The van der Waals surface area contributed by atoms with Gasteiger partial charge in [0.05, 0.1) is 7.11 Å². The first-order chi connectivity index (χ1) is 6.81. The van der Waals surface area contributed by atoms with Crippen molar-refractivity contribution in [3.63, 3.8) is 0 Å². The van der Waals surface area contributed by atoms with E-state index in [1.54, 1.807) is 7.11 Å². The monoisotopic (exact) mass is 192 g/mol. The molecule has 0 aromatic heterocycles. The van der Waals surface area contributed by atoms with Crippen molar-refractivity contribution in [1.82, 2.24) is 5.32 Å². The largest absolute Gasteiger partial charge is 0.497 e. The van der Waals surface area contributed by atoms with E-state index < -0.39 is 0 Å². The maximum atomic E-state index is 6.11. The van der Waals surface area contributed by atoms with Crippen molar-refractivity contribution in [2.75, 3.05) is 20.2 Å². The van der Waals surface area contributed by atoms with E-state index in [1.165, 1.54) is 5.56 Å². The van der Waals surface area contributed by atoms with Crippen molar-refractivity contribution in [2.24, 2.45) is 11.7 Å². The van der Waals surface area contributed by atoms with Crippen LogP contribution < -0.4 is 15.8 Å². The van der Waals surface area contributed by atoms with Crippen LogP contribution in [0.1, 0.15) is 11.6 Å². The van der Waals surface area contributed by atoms with Gasteiger partial charge in [0, 0.05) is 25.0 Å². The second-order valence-electron chi connectivity index (χ2n) is 3.72. The normalized spacial score (nSPS) is 18.7. The highest BCUT2D eigenvalue weighted by molar-refractivity contribution is 5.29. The Morgan fingerprint density at radius 3 is 2.43 bits per heavy atom. The van der Waals surface area contributed by atoms with Gasteiger partial charge in [-0.2, -0.15) is 0 Å². The number of nitrogens with two attached hydrogens (primary N) is 1. The molecule has 1 aliphatic rings. The van der Waals surface area contributed by atoms with Crippen molar-refractivity contribution in [3.05, 3.63) is 29.8 Å². The SMILES string of the molecule is COc1ccc(C(N)C2CNC2)cc1. The highest BCUT2D eigenvalue weighted by Crippen LogP contribution is 2.24. The summed E-state index contributed by atoms with van der Waals surface area (Å²) in [7, 11) is 1.67. The number of rotatable bonds is 3. The lowest BCUT2D eigenvalue weighted by Crippen LogP contribution is -2.47. The summed E-state index contributed by atoms with van der Waals surface area (Å²) in [5, 5.41) is 3.23. The summed E-state index contributed by atoms with van der Waals surface area (Å²) in [6.07, 6.45) is 0. The molecule has 3 N–H and O–H groups in total. The summed E-state index contributed by atoms with van der Waals surface area (Å²) in [4.78, 5) is 0. The van der Waals surface area contributed by atoms with E-state index >= 15 is 0 Å². The van der Waals surface area contributed by atoms with Gasteiger partial charge in [0.2, 0.25) is 0 Å². The first-order valence-corrected chi connectivity index (χ1v) is 4.91. The van der Waals surface area contributed by atoms with Crippen LogP contribution in [0.3, 0.4) is 0 Å². The van der Waals surface area contributed by atoms with Crippen molar-refractivity contribution in [1.29, 1.82) is 0 Å². The molecular formula is C11H16N2O. The lowest BCUT2D eigenvalue weighted by molar-refractivity contribution is 0.294. The molecule has 1 heterocycles. The number of hydrogen-bond acceptors (Lipinski definition) is 3. The Morgan fingerprint density at radius 2 is 2.00 bits per heavy atom. The minimum absolute atomic E-state index is 0.155. The van der Waals surface area contributed by atoms with E-state index in [0.29, 0.717) is 5.92 Å². The quantitative estimate of drug-likeness (QED) is 0.748. The van der Waals surface area contributed by atoms with Gasteiger partial charge in [-0.05, 0) is 17.7 Å². The lowest BCUT2D eigenvalue weighted by Gasteiger charge is -2.32. The number of benzene rings is 1. The Kier molecular flexibility index (Phi) is 2.70. The summed E-state index contributed by atoms with van der Waals surface area (Å²) < 4.78 is 5.10. The van der Waals surface area contributed by atoms with Gasteiger partial charge in [-0.25, -0.2) is 0 Å². The molecule has 1 atom stereocenters. The smallest absolute Gasteiger partial charge is 0.118 e. The molecule has 1 aromatic rings. The maximum absolute atomic E-state index is 6.11. The zero-order valence-corrected chi connectivity index (χ0v) is 8.36. The second-order valence-corrected chi connectivity index (χ2v) is 3.72. The molecule has 14 heavy (non-hydrogen) atoms. The zero-order chi connectivity index (χ0) is 9.97. The van der Waals surface area contributed by atoms with Gasteiger partial charge in [0.25, 0.3) is 0 Å². The van der Waals surface area contributed by atoms with Crippen molar-refractivity contribution in [2.45, 2.75) is 6.04 Å². The summed E-state index contributed by atoms with van der Waals surface area (Å²) in [6.45, 7) is 2.07. The van der Waals surface area contributed by atoms with Gasteiger partial charge in [0.1, 0.15) is 5.75 Å². The van der Waals surface area contributed by atoms with Gasteiger partial charge in [-0.3, -0.25) is 0 Å². The molecule has 1 saturated heterocycles. The van der Waals surface area contributed by atoms with Crippen LogP contribution in [0.15, 0.2) is 24.3 Å². The molecule has 0 amide bonds. The van der Waals surface area contributed by atoms with Crippen LogP contribution in [0.5, 0.6) is 5.75 Å². The Bertz CT molecular complexity index is 293. The number of nitrogens with one attached hydrogen (secondary N) is 1. The average molecular weight is 192 g/mol. The molecule has 0 spiro atoms. The lowest BCUT2D eigenvalue weighted by atomic mass is 9.89. The van der Waals surface area contributed by atoms with Gasteiger partial charge >= 0.3 is 0 Å². The van der Waals surface area contributed by atoms with Crippen molar-refractivity contribution >= 4 is 0 Å². The second kappa shape index (κ2) is 3.98. The van der Waals surface area contributed by atoms with Crippen LogP contribution in [-0.2, 0) is 0 Å². The highest BCUT2D eigenvalue weighted by atomic mass is 16.5. The molecule has 2 rings (SSSR count). The molecule has 0 aliphatic carbocycles. The minimum Gasteiger partial charge on any atom is -0.497 e. The van der Waals surface area contributed by atoms with Crippen LogP contribution >= 0.6 is 0 Å². The van der Waals surface area contributed by atoms with Gasteiger partial charge in [-0.1, -0.05) is 12.1 Å². The first kappa shape index (κ1) is 9.49. The molecule has 0 saturated carbocycles. The maximum Gasteiger partial charge on any atom is 0.118 e. The number of ether oxygens (including phenoxy) is 1. The molecule has 1 unspecified atom stereocenters. The highest BCUT2D eigenvalue weighted by Gasteiger charge is 2.24. The standard InChI is InChI=1S/C11H16N2O/c1-14-10-4-2-8(3-5-10)11(12)9-6-13-7-9/h2-5,9,11,13H,6-7,12H2,1H3. The number of hydrogen-bond donors (Lipinski definition) is 2. The molecule has 1 fully saturated rings. The van der Waals surface area contributed by atoms with E-state index in [-0.39, 0.29) is 6.04 Å². The molecule has 76 valence electrons. The van der Waals surface area contributed by atoms with Crippen molar-refractivity contribution in [3.8, 4) is 5.75 Å². The third-order valence-corrected chi connectivity index (χ3v) is 2.82. The van der Waals surface area contributed by atoms with Crippen molar-refractivity contribution < 1.29 is 4.74 Å². The molecule has 0 radical (unpaired) electrons. The summed E-state index contributed by atoms with van der Waals surface area (Å²) in [6, 6.07) is 8.16. The number of methoxy groups -OCH3 is 1. The summed E-state index contributed by atoms with van der Waals surface area (Å²) in [5.74, 6) is 1.47. The predicted molar refractivity (Wildman–Crippen MR) is 56.3 cm³/mol. The van der Waals surface area contributed by atoms with E-state index in [9.17, 15) is 0 Å². The molecule has 1 aliphatic heterocycles. The van der Waals surface area contributed by atoms with E-state index in [4.69, 9.17) is 10.5 Å². The summed E-state index contributed by atoms with van der Waals surface area (Å²) >= 11 is 0. The van der Waals surface area contributed by atoms with Gasteiger partial charge < -0.3 is 15.8 Å². The minimum atomic E-state index is 0.155. The van der Waals surface area contributed by atoms with Crippen LogP contribution in [0.2, 0.25) is 0 Å². The molecule has 3 heteroatoms. The Hall–Kier alpha value is -1.06. The first-order valence-electron chi connectivity index (χ1n) is 4.91. The summed E-state index contributed by atoms with van der Waals surface area (Å²) in [5.41, 5.74) is 7.30. The van der Waals surface area contributed by atoms with Gasteiger partial charge in [-0.15, -0.1) is 0 Å². The molecule has 3 nitrogen and oxygen atoms in total. The Balaban J connectivity index is 2.07. The van der Waals surface area contributed by atoms with E-state index in [0.717, 1.165) is 18.8 Å². The fraction of sp³-hybridized carbons (Fsp3) is 0.455. The fourth-order valence-electron chi connectivity index (χ4n) is 1.66. The molecular weight excluding hydrogens is 176 g/mol. The predicted octanol–water partition coefficient (Wildman–Crippen LogP) is 0.914. The topological polar surface area (TPSA) is 47.3 Å². The molecule has 1 aromatic carbocycles. The molecule has 0 bridgehead atoms. The van der Waals surface area contributed by atoms with Crippen LogP contribution in [0.4, 0.5) is 0 Å². The third kappa shape index (κ3) is 1.74. The van der Waals surface area contributed by atoms with Gasteiger partial charge in [0.15, 0.2) is 0 Å². The fourth-order valence-corrected chi connectivity index (χ4v) is 1.66. The van der Waals surface area contributed by atoms with Crippen LogP contribution in [0.25, 0.3) is 0 Å².